The number of hydrogen-bond acceptors (Lipinski definition) is 4. The monoisotopic (exact) mass is 354 g/mol. The van der Waals surface area contributed by atoms with Crippen LogP contribution in [0.1, 0.15) is 13.8 Å². The maximum atomic E-state index is 12.4. The minimum atomic E-state index is -5.07. The molecule has 1 aliphatic rings. The molecule has 11 heteroatoms. The maximum absolute atomic E-state index is 12.4. The molecule has 1 aliphatic heterocycles. The van der Waals surface area contributed by atoms with E-state index in [9.17, 15) is 27.6 Å². The quantitative estimate of drug-likeness (QED) is 0.634. The van der Waals surface area contributed by atoms with Crippen molar-refractivity contribution in [3.63, 3.8) is 0 Å². The summed E-state index contributed by atoms with van der Waals surface area (Å²) in [6, 6.07) is -2.65. The van der Waals surface area contributed by atoms with Crippen LogP contribution < -0.4 is 11.1 Å². The van der Waals surface area contributed by atoms with Crippen LogP contribution in [0.2, 0.25) is 0 Å². The topological polar surface area (TPSA) is 116 Å². The van der Waals surface area contributed by atoms with E-state index in [0.717, 1.165) is 4.90 Å². The number of nitrogens with zero attached hydrogens (tertiary/aromatic N) is 2. The Morgan fingerprint density at radius 3 is 2.25 bits per heavy atom. The summed E-state index contributed by atoms with van der Waals surface area (Å²) < 4.78 is 36.9. The van der Waals surface area contributed by atoms with Gasteiger partial charge in [-0.2, -0.15) is 13.2 Å². The molecule has 138 valence electrons. The molecule has 0 radical (unpaired) electrons. The zero-order chi connectivity index (χ0) is 18.7. The molecule has 1 rings (SSSR count). The number of nitrogens with two attached hydrogens (primary N) is 1. The molecule has 0 bridgehead atoms. The van der Waals surface area contributed by atoms with Crippen molar-refractivity contribution in [3.8, 4) is 0 Å². The number of rotatable bonds is 5. The van der Waals surface area contributed by atoms with Crippen molar-refractivity contribution in [1.82, 2.24) is 15.1 Å². The number of amides is 3. The van der Waals surface area contributed by atoms with E-state index in [1.54, 1.807) is 19.2 Å². The zero-order valence-electron chi connectivity index (χ0n) is 13.3. The summed E-state index contributed by atoms with van der Waals surface area (Å²) in [5.74, 6) is -4.52. The normalized spacial score (nSPS) is 23.9. The van der Waals surface area contributed by atoms with Gasteiger partial charge in [0.2, 0.25) is 0 Å². The van der Waals surface area contributed by atoms with Gasteiger partial charge in [-0.05, 0) is 13.8 Å². The summed E-state index contributed by atoms with van der Waals surface area (Å²) >= 11 is 0. The number of carboxylic acid groups (broad SMARTS) is 1. The fraction of sp³-hybridized carbons (Fsp3) is 0.769. The van der Waals surface area contributed by atoms with Gasteiger partial charge in [-0.15, -0.1) is 0 Å². The highest BCUT2D eigenvalue weighted by molar-refractivity contribution is 5.82. The van der Waals surface area contributed by atoms with Crippen LogP contribution in [0.15, 0.2) is 0 Å². The van der Waals surface area contributed by atoms with Crippen LogP contribution in [0.5, 0.6) is 0 Å². The second-order valence-corrected chi connectivity index (χ2v) is 5.40. The van der Waals surface area contributed by atoms with Crippen molar-refractivity contribution in [3.05, 3.63) is 0 Å². The Kier molecular flexibility index (Phi) is 6.41. The number of carbonyl (C=O) groups excluding carboxylic acids is 2. The van der Waals surface area contributed by atoms with E-state index in [0.29, 0.717) is 13.1 Å². The van der Waals surface area contributed by atoms with Crippen molar-refractivity contribution in [1.29, 1.82) is 0 Å². The SMILES string of the molecule is CCN(CC)C(=O)N1C[C@@H](C(=O)O)[C@@H](N)[C@@H]1CNC(=O)C(F)(F)F. The van der Waals surface area contributed by atoms with Gasteiger partial charge in [0.25, 0.3) is 0 Å². The van der Waals surface area contributed by atoms with Gasteiger partial charge >= 0.3 is 24.1 Å². The molecule has 0 aliphatic carbocycles. The molecule has 4 N–H and O–H groups in total. The van der Waals surface area contributed by atoms with Crippen LogP contribution in [0.3, 0.4) is 0 Å². The third-order valence-corrected chi connectivity index (χ3v) is 4.03. The maximum Gasteiger partial charge on any atom is 0.471 e. The fourth-order valence-electron chi connectivity index (χ4n) is 2.63. The molecule has 0 unspecified atom stereocenters. The van der Waals surface area contributed by atoms with Crippen LogP contribution in [-0.4, -0.2) is 77.3 Å². The van der Waals surface area contributed by atoms with Crippen molar-refractivity contribution in [2.24, 2.45) is 11.7 Å². The predicted octanol–water partition coefficient (Wildman–Crippen LogP) is -0.161. The van der Waals surface area contributed by atoms with E-state index in [1.165, 1.54) is 4.90 Å². The highest BCUT2D eigenvalue weighted by Crippen LogP contribution is 2.24. The van der Waals surface area contributed by atoms with E-state index in [1.807, 2.05) is 0 Å². The van der Waals surface area contributed by atoms with E-state index in [2.05, 4.69) is 0 Å². The predicted molar refractivity (Wildman–Crippen MR) is 77.0 cm³/mol. The first kappa shape index (κ1) is 20.0. The Morgan fingerprint density at radius 2 is 1.83 bits per heavy atom. The number of aliphatic carboxylic acids is 1. The summed E-state index contributed by atoms with van der Waals surface area (Å²) in [7, 11) is 0. The van der Waals surface area contributed by atoms with E-state index >= 15 is 0 Å². The van der Waals surface area contributed by atoms with Crippen molar-refractivity contribution < 1.29 is 32.7 Å². The number of hydrogen-bond donors (Lipinski definition) is 3. The number of halogens is 3. The number of alkyl halides is 3. The Balaban J connectivity index is 2.95. The Morgan fingerprint density at radius 1 is 1.29 bits per heavy atom. The van der Waals surface area contributed by atoms with Crippen molar-refractivity contribution in [2.75, 3.05) is 26.2 Å². The first-order chi connectivity index (χ1) is 11.0. The minimum absolute atomic E-state index is 0.224. The molecule has 24 heavy (non-hydrogen) atoms. The summed E-state index contributed by atoms with van der Waals surface area (Å²) in [5.41, 5.74) is 5.80. The summed E-state index contributed by atoms with van der Waals surface area (Å²) in [6.07, 6.45) is -5.07. The molecule has 3 amide bonds. The number of carbonyl (C=O) groups is 3. The second kappa shape index (κ2) is 7.69. The van der Waals surface area contributed by atoms with Crippen LogP contribution in [-0.2, 0) is 9.59 Å². The molecule has 0 saturated carbocycles. The van der Waals surface area contributed by atoms with Gasteiger partial charge < -0.3 is 26.0 Å². The Labute approximate surface area is 136 Å². The Hall–Kier alpha value is -2.04. The lowest BCUT2D eigenvalue weighted by Gasteiger charge is -2.31. The third kappa shape index (κ3) is 4.28. The lowest BCUT2D eigenvalue weighted by atomic mass is 10.00. The molecule has 0 aromatic carbocycles. The molecule has 0 aromatic heterocycles. The van der Waals surface area contributed by atoms with Crippen LogP contribution >= 0.6 is 0 Å². The van der Waals surface area contributed by atoms with Gasteiger partial charge in [-0.1, -0.05) is 0 Å². The number of urea groups is 1. The fourth-order valence-corrected chi connectivity index (χ4v) is 2.63. The summed E-state index contributed by atoms with van der Waals surface area (Å²) in [6.45, 7) is 3.33. The average molecular weight is 354 g/mol. The van der Waals surface area contributed by atoms with E-state index in [4.69, 9.17) is 10.8 Å². The third-order valence-electron chi connectivity index (χ3n) is 4.03. The standard InChI is InChI=1S/C13H21F3N4O4/c1-3-19(4-2)12(24)20-6-7(10(21)22)9(17)8(20)5-18-11(23)13(14,15)16/h7-9H,3-6,17H2,1-2H3,(H,18,23)(H,21,22)/t7-,8+,9-/m1/s1. The molecule has 0 aromatic rings. The lowest BCUT2D eigenvalue weighted by Crippen LogP contribution is -2.54. The first-order valence-corrected chi connectivity index (χ1v) is 7.43. The van der Waals surface area contributed by atoms with Gasteiger partial charge in [-0.25, -0.2) is 4.79 Å². The van der Waals surface area contributed by atoms with Gasteiger partial charge in [0, 0.05) is 32.2 Å². The Bertz CT molecular complexity index is 496. The number of nitrogens with one attached hydrogen (secondary N) is 1. The average Bonchev–Trinajstić information content (AvgIpc) is 2.82. The molecule has 8 nitrogen and oxygen atoms in total. The summed E-state index contributed by atoms with van der Waals surface area (Å²) in [4.78, 5) is 37.2. The van der Waals surface area contributed by atoms with Gasteiger partial charge in [0.1, 0.15) is 0 Å². The molecule has 1 saturated heterocycles. The molecular weight excluding hydrogens is 333 g/mol. The van der Waals surface area contributed by atoms with Crippen LogP contribution in [0.4, 0.5) is 18.0 Å². The lowest BCUT2D eigenvalue weighted by molar-refractivity contribution is -0.173. The minimum Gasteiger partial charge on any atom is -0.481 e. The van der Waals surface area contributed by atoms with E-state index in [-0.39, 0.29) is 6.54 Å². The highest BCUT2D eigenvalue weighted by Gasteiger charge is 2.47. The number of likely N-dealkylation sites (tertiary alicyclic amines) is 1. The first-order valence-electron chi connectivity index (χ1n) is 7.43. The highest BCUT2D eigenvalue weighted by atomic mass is 19.4. The molecule has 1 heterocycles. The molecule has 1 fully saturated rings. The van der Waals surface area contributed by atoms with Crippen LogP contribution in [0, 0.1) is 5.92 Å². The second-order valence-electron chi connectivity index (χ2n) is 5.40. The molecule has 3 atom stereocenters. The van der Waals surface area contributed by atoms with Gasteiger partial charge in [0.05, 0.1) is 12.0 Å². The van der Waals surface area contributed by atoms with Crippen LogP contribution in [0.25, 0.3) is 0 Å². The van der Waals surface area contributed by atoms with E-state index < -0.39 is 48.6 Å². The smallest absolute Gasteiger partial charge is 0.471 e. The van der Waals surface area contributed by atoms with Gasteiger partial charge in [0.15, 0.2) is 0 Å². The zero-order valence-corrected chi connectivity index (χ0v) is 13.3. The van der Waals surface area contributed by atoms with Crippen molar-refractivity contribution in [2.45, 2.75) is 32.1 Å². The largest absolute Gasteiger partial charge is 0.481 e. The van der Waals surface area contributed by atoms with Crippen molar-refractivity contribution >= 4 is 17.9 Å². The number of carboxylic acids is 1. The summed E-state index contributed by atoms with van der Waals surface area (Å²) in [5, 5.41) is 10.8. The molecular formula is C13H21F3N4O4. The molecule has 0 spiro atoms. The van der Waals surface area contributed by atoms with Gasteiger partial charge in [-0.3, -0.25) is 9.59 Å².